The highest BCUT2D eigenvalue weighted by atomic mass is 35.5. The predicted octanol–water partition coefficient (Wildman–Crippen LogP) is 4.19. The van der Waals surface area contributed by atoms with Crippen LogP contribution in [0.3, 0.4) is 0 Å². The minimum absolute atomic E-state index is 0.0774. The van der Waals surface area contributed by atoms with Gasteiger partial charge >= 0.3 is 0 Å². The van der Waals surface area contributed by atoms with Crippen LogP contribution in [-0.2, 0) is 0 Å². The van der Waals surface area contributed by atoms with Crippen LogP contribution in [0.1, 0.15) is 55.9 Å². The van der Waals surface area contributed by atoms with Crippen LogP contribution in [-0.4, -0.2) is 14.5 Å². The first-order valence-electron chi connectivity index (χ1n) is 9.62. The maximum absolute atomic E-state index is 13.4. The van der Waals surface area contributed by atoms with E-state index in [1.165, 1.54) is 6.20 Å². The number of nitrogens with zero attached hydrogens (tertiary/aromatic N) is 4. The first-order chi connectivity index (χ1) is 14.0. The molecular weight excluding hydrogens is 388 g/mol. The molecule has 1 fully saturated rings. The highest BCUT2D eigenvalue weighted by molar-refractivity contribution is 6.35. The highest BCUT2D eigenvalue weighted by Gasteiger charge is 2.25. The second-order valence-corrected chi connectivity index (χ2v) is 7.76. The van der Waals surface area contributed by atoms with Gasteiger partial charge in [-0.15, -0.1) is 0 Å². The molecule has 1 aliphatic carbocycles. The van der Waals surface area contributed by atoms with Gasteiger partial charge in [0.2, 0.25) is 5.95 Å². The average molecular weight is 409 g/mol. The minimum atomic E-state index is -0.284. The van der Waals surface area contributed by atoms with Gasteiger partial charge in [0.25, 0.3) is 5.56 Å². The van der Waals surface area contributed by atoms with E-state index in [2.05, 4.69) is 21.4 Å². The van der Waals surface area contributed by atoms with Crippen molar-refractivity contribution in [2.45, 2.75) is 44.7 Å². The Bertz CT molecular complexity index is 1180. The number of nitrogens with two attached hydrogens (primary N) is 1. The van der Waals surface area contributed by atoms with Gasteiger partial charge in [0.15, 0.2) is 0 Å². The minimum Gasteiger partial charge on any atom is -0.368 e. The standard InChI is InChI=1S/C21H21ClN6O/c1-12(26-19-14(10-23)11-25-21(24)27-19)17-9-13-5-4-8-16(22)18(13)20(29)28(17)15-6-2-3-7-15/h4-5,8-9,11-12,15H,2-3,6-7H2,1H3,(H3,24,25,26,27)/t12-/m0/s1. The zero-order valence-electron chi connectivity index (χ0n) is 16.0. The largest absolute Gasteiger partial charge is 0.368 e. The van der Waals surface area contributed by atoms with Crippen LogP contribution < -0.4 is 16.6 Å². The summed E-state index contributed by atoms with van der Waals surface area (Å²) in [5, 5.41) is 14.4. The summed E-state index contributed by atoms with van der Waals surface area (Å²) in [6, 6.07) is 9.39. The van der Waals surface area contributed by atoms with E-state index in [0.29, 0.717) is 21.8 Å². The number of halogens is 1. The van der Waals surface area contributed by atoms with E-state index in [-0.39, 0.29) is 23.6 Å². The molecule has 0 saturated heterocycles. The number of fused-ring (bicyclic) bond motifs is 1. The molecule has 0 amide bonds. The van der Waals surface area contributed by atoms with Gasteiger partial charge in [-0.25, -0.2) is 4.98 Å². The third-order valence-electron chi connectivity index (χ3n) is 5.47. The fourth-order valence-corrected chi connectivity index (χ4v) is 4.36. The molecule has 0 unspecified atom stereocenters. The zero-order valence-corrected chi connectivity index (χ0v) is 16.8. The van der Waals surface area contributed by atoms with Gasteiger partial charge in [0, 0.05) is 11.7 Å². The maximum Gasteiger partial charge on any atom is 0.260 e. The Labute approximate surface area is 173 Å². The molecule has 3 aromatic rings. The molecule has 29 heavy (non-hydrogen) atoms. The lowest BCUT2D eigenvalue weighted by Gasteiger charge is -2.25. The maximum atomic E-state index is 13.4. The molecule has 1 atom stereocenters. The summed E-state index contributed by atoms with van der Waals surface area (Å²) in [4.78, 5) is 21.5. The van der Waals surface area contributed by atoms with Crippen LogP contribution >= 0.6 is 11.6 Å². The lowest BCUT2D eigenvalue weighted by molar-refractivity contribution is 0.478. The van der Waals surface area contributed by atoms with Crippen molar-refractivity contribution in [2.75, 3.05) is 11.1 Å². The number of nitrogens with one attached hydrogen (secondary N) is 1. The first-order valence-corrected chi connectivity index (χ1v) is 10.00. The van der Waals surface area contributed by atoms with E-state index in [1.54, 1.807) is 6.07 Å². The highest BCUT2D eigenvalue weighted by Crippen LogP contribution is 2.33. The summed E-state index contributed by atoms with van der Waals surface area (Å²) >= 11 is 6.36. The molecule has 8 heteroatoms. The smallest absolute Gasteiger partial charge is 0.260 e. The molecule has 2 heterocycles. The van der Waals surface area contributed by atoms with Crippen LogP contribution in [0.5, 0.6) is 0 Å². The number of anilines is 2. The summed E-state index contributed by atoms with van der Waals surface area (Å²) in [7, 11) is 0. The van der Waals surface area contributed by atoms with Gasteiger partial charge in [0.05, 0.1) is 22.6 Å². The van der Waals surface area contributed by atoms with Gasteiger partial charge in [-0.05, 0) is 37.3 Å². The van der Waals surface area contributed by atoms with E-state index >= 15 is 0 Å². The SMILES string of the molecule is C[C@H](Nc1nc(N)ncc1C#N)c1cc2cccc(Cl)c2c(=O)n1C1CCCC1. The molecule has 7 nitrogen and oxygen atoms in total. The Hall–Kier alpha value is -3.11. The molecular formula is C21H21ClN6O. The van der Waals surface area contributed by atoms with Crippen LogP contribution in [0.15, 0.2) is 35.3 Å². The van der Waals surface area contributed by atoms with E-state index in [9.17, 15) is 10.1 Å². The van der Waals surface area contributed by atoms with Gasteiger partial charge in [-0.3, -0.25) is 4.79 Å². The molecule has 2 aromatic heterocycles. The monoisotopic (exact) mass is 408 g/mol. The lowest BCUT2D eigenvalue weighted by Crippen LogP contribution is -2.29. The second-order valence-electron chi connectivity index (χ2n) is 7.36. The normalized spacial score (nSPS) is 15.3. The van der Waals surface area contributed by atoms with Crippen molar-refractivity contribution in [3.8, 4) is 6.07 Å². The number of aromatic nitrogens is 3. The van der Waals surface area contributed by atoms with Crippen molar-refractivity contribution in [2.24, 2.45) is 0 Å². The molecule has 4 rings (SSSR count). The molecule has 3 N–H and O–H groups in total. The van der Waals surface area contributed by atoms with Gasteiger partial charge in [0.1, 0.15) is 17.5 Å². The number of hydrogen-bond acceptors (Lipinski definition) is 6. The fraction of sp³-hybridized carbons (Fsp3) is 0.333. The van der Waals surface area contributed by atoms with Crippen molar-refractivity contribution in [3.05, 3.63) is 57.1 Å². The van der Waals surface area contributed by atoms with Crippen LogP contribution in [0.4, 0.5) is 11.8 Å². The quantitative estimate of drug-likeness (QED) is 0.669. The summed E-state index contributed by atoms with van der Waals surface area (Å²) in [6.45, 7) is 1.94. The summed E-state index contributed by atoms with van der Waals surface area (Å²) < 4.78 is 1.87. The predicted molar refractivity (Wildman–Crippen MR) is 114 cm³/mol. The topological polar surface area (TPSA) is 110 Å². The Kier molecular flexibility index (Phi) is 5.12. The zero-order chi connectivity index (χ0) is 20.5. The molecule has 1 saturated carbocycles. The Morgan fingerprint density at radius 2 is 2.14 bits per heavy atom. The van der Waals surface area contributed by atoms with Crippen LogP contribution in [0.2, 0.25) is 5.02 Å². The fourth-order valence-electron chi connectivity index (χ4n) is 4.09. The van der Waals surface area contributed by atoms with Crippen LogP contribution in [0.25, 0.3) is 10.8 Å². The third-order valence-corrected chi connectivity index (χ3v) is 5.79. The summed E-state index contributed by atoms with van der Waals surface area (Å²) in [5.74, 6) is 0.432. The Balaban J connectivity index is 1.86. The number of rotatable bonds is 4. The molecule has 0 bridgehead atoms. The second kappa shape index (κ2) is 7.72. The van der Waals surface area contributed by atoms with Gasteiger partial charge < -0.3 is 15.6 Å². The number of nitriles is 1. The number of hydrogen-bond donors (Lipinski definition) is 2. The van der Waals surface area contributed by atoms with E-state index in [0.717, 1.165) is 36.8 Å². The number of pyridine rings is 1. The van der Waals surface area contributed by atoms with Crippen molar-refractivity contribution in [3.63, 3.8) is 0 Å². The Morgan fingerprint density at radius 1 is 1.38 bits per heavy atom. The van der Waals surface area contributed by atoms with Crippen molar-refractivity contribution < 1.29 is 0 Å². The molecule has 0 spiro atoms. The summed E-state index contributed by atoms with van der Waals surface area (Å²) in [5.41, 5.74) is 6.75. The Morgan fingerprint density at radius 3 is 2.86 bits per heavy atom. The molecule has 0 aliphatic heterocycles. The van der Waals surface area contributed by atoms with Crippen molar-refractivity contribution in [1.29, 1.82) is 5.26 Å². The molecule has 0 radical (unpaired) electrons. The number of benzene rings is 1. The van der Waals surface area contributed by atoms with Crippen LogP contribution in [0, 0.1) is 11.3 Å². The van der Waals surface area contributed by atoms with E-state index in [1.807, 2.05) is 29.7 Å². The van der Waals surface area contributed by atoms with Crippen molar-refractivity contribution >= 4 is 34.1 Å². The van der Waals surface area contributed by atoms with Gasteiger partial charge in [-0.1, -0.05) is 36.6 Å². The van der Waals surface area contributed by atoms with E-state index < -0.39 is 0 Å². The molecule has 148 valence electrons. The van der Waals surface area contributed by atoms with Crippen molar-refractivity contribution in [1.82, 2.24) is 14.5 Å². The lowest BCUT2D eigenvalue weighted by atomic mass is 10.1. The summed E-state index contributed by atoms with van der Waals surface area (Å²) in [6.07, 6.45) is 5.50. The first kappa shape index (κ1) is 19.2. The molecule has 1 aliphatic rings. The third kappa shape index (κ3) is 3.52. The number of nitrogen functional groups attached to an aromatic ring is 1. The molecule has 1 aromatic carbocycles. The van der Waals surface area contributed by atoms with Gasteiger partial charge in [-0.2, -0.15) is 10.2 Å². The van der Waals surface area contributed by atoms with E-state index in [4.69, 9.17) is 17.3 Å². The average Bonchev–Trinajstić information content (AvgIpc) is 3.22.